The molecule has 1 N–H and O–H groups in total. The number of hydrogen-bond donors (Lipinski definition) is 1. The largest absolute Gasteiger partial charge is 0.512 e. The molecule has 2 aromatic heterocycles. The highest BCUT2D eigenvalue weighted by molar-refractivity contribution is 7.21. The highest BCUT2D eigenvalue weighted by Gasteiger charge is 2.30. The van der Waals surface area contributed by atoms with E-state index in [0.717, 1.165) is 52.9 Å². The van der Waals surface area contributed by atoms with E-state index in [9.17, 15) is 14.7 Å². The van der Waals surface area contributed by atoms with Gasteiger partial charge in [-0.05, 0) is 54.2 Å². The van der Waals surface area contributed by atoms with Gasteiger partial charge >= 0.3 is 6.16 Å². The second-order valence-corrected chi connectivity index (χ2v) is 10.1. The molecule has 9 heteroatoms. The molecule has 1 aromatic carbocycles. The number of rotatable bonds is 6. The summed E-state index contributed by atoms with van der Waals surface area (Å²) in [7, 11) is 1.64. The molecule has 8 nitrogen and oxygen atoms in total. The first-order valence-corrected chi connectivity index (χ1v) is 12.9. The molecule has 186 valence electrons. The summed E-state index contributed by atoms with van der Waals surface area (Å²) in [4.78, 5) is 26.5. The molecule has 3 heterocycles. The highest BCUT2D eigenvalue weighted by atomic mass is 32.1. The smallest absolute Gasteiger partial charge is 0.497 e. The standard InChI is InChI=1S/C26H30N2O6S/c1-32-19-9-7-18(8-10-19)24-23(17-5-3-2-4-6-17)25-20(15-22(35-25)34-26(30)31)28(24)16-21(29)27-11-13-33-14-12-27/h7-10,15,17H,2-6,11-14,16H2,1H3,(H,30,31). The summed E-state index contributed by atoms with van der Waals surface area (Å²) in [6, 6.07) is 9.71. The zero-order valence-corrected chi connectivity index (χ0v) is 20.6. The molecule has 0 radical (unpaired) electrons. The minimum absolute atomic E-state index is 0.0297. The summed E-state index contributed by atoms with van der Waals surface area (Å²) in [5.41, 5.74) is 4.10. The maximum absolute atomic E-state index is 13.4. The zero-order chi connectivity index (χ0) is 24.4. The van der Waals surface area contributed by atoms with Gasteiger partial charge in [0.2, 0.25) is 5.91 Å². The number of fused-ring (bicyclic) bond motifs is 1. The fourth-order valence-corrected chi connectivity index (χ4v) is 6.44. The average Bonchev–Trinajstić information content (AvgIpc) is 3.41. The summed E-state index contributed by atoms with van der Waals surface area (Å²) >= 11 is 1.35. The Kier molecular flexibility index (Phi) is 6.97. The Morgan fingerprint density at radius 3 is 2.49 bits per heavy atom. The first kappa shape index (κ1) is 23.7. The number of amides is 1. The molecule has 35 heavy (non-hydrogen) atoms. The maximum atomic E-state index is 13.4. The lowest BCUT2D eigenvalue weighted by Crippen LogP contribution is -2.42. The zero-order valence-electron chi connectivity index (χ0n) is 19.8. The molecule has 2 aliphatic rings. The van der Waals surface area contributed by atoms with Crippen LogP contribution < -0.4 is 9.47 Å². The van der Waals surface area contributed by atoms with Crippen LogP contribution in [0, 0.1) is 0 Å². The van der Waals surface area contributed by atoms with E-state index in [1.54, 1.807) is 13.2 Å². The van der Waals surface area contributed by atoms with Crippen LogP contribution in [0.15, 0.2) is 30.3 Å². The van der Waals surface area contributed by atoms with E-state index in [0.29, 0.717) is 37.3 Å². The Hall–Kier alpha value is -3.04. The molecule has 1 aliphatic heterocycles. The summed E-state index contributed by atoms with van der Waals surface area (Å²) in [5, 5.41) is 9.53. The number of nitrogens with zero attached hydrogens (tertiary/aromatic N) is 2. The molecular formula is C26H30N2O6S. The van der Waals surface area contributed by atoms with Crippen LogP contribution in [0.5, 0.6) is 10.8 Å². The average molecular weight is 499 g/mol. The summed E-state index contributed by atoms with van der Waals surface area (Å²) in [6.07, 6.45) is 4.37. The van der Waals surface area contributed by atoms with E-state index in [2.05, 4.69) is 4.57 Å². The lowest BCUT2D eigenvalue weighted by molar-refractivity contribution is -0.135. The number of thiophene rings is 1. The number of benzene rings is 1. The molecule has 3 aromatic rings. The third kappa shape index (κ3) is 4.88. The minimum atomic E-state index is -1.33. The van der Waals surface area contributed by atoms with E-state index in [1.165, 1.54) is 23.3 Å². The Morgan fingerprint density at radius 1 is 1.11 bits per heavy atom. The lowest BCUT2D eigenvalue weighted by atomic mass is 9.83. The molecule has 0 spiro atoms. The molecule has 0 atom stereocenters. The number of methoxy groups -OCH3 is 1. The third-order valence-corrected chi connectivity index (χ3v) is 8.01. The second-order valence-electron chi connectivity index (χ2n) is 9.05. The van der Waals surface area contributed by atoms with E-state index in [4.69, 9.17) is 14.2 Å². The van der Waals surface area contributed by atoms with Crippen LogP contribution in [0.25, 0.3) is 21.5 Å². The topological polar surface area (TPSA) is 90.2 Å². The van der Waals surface area contributed by atoms with Crippen molar-refractivity contribution < 1.29 is 28.9 Å². The van der Waals surface area contributed by atoms with E-state index in [-0.39, 0.29) is 12.5 Å². The monoisotopic (exact) mass is 498 g/mol. The number of ether oxygens (including phenoxy) is 3. The Morgan fingerprint density at radius 2 is 1.83 bits per heavy atom. The van der Waals surface area contributed by atoms with Crippen LogP contribution in [0.2, 0.25) is 0 Å². The second kappa shape index (κ2) is 10.3. The van der Waals surface area contributed by atoms with Crippen molar-refractivity contribution >= 4 is 33.6 Å². The molecule has 1 saturated carbocycles. The minimum Gasteiger partial charge on any atom is -0.497 e. The third-order valence-electron chi connectivity index (χ3n) is 6.97. The van der Waals surface area contributed by atoms with Crippen LogP contribution in [0.4, 0.5) is 4.79 Å². The van der Waals surface area contributed by atoms with E-state index < -0.39 is 6.16 Å². The maximum Gasteiger partial charge on any atom is 0.512 e. The van der Waals surface area contributed by atoms with Gasteiger partial charge in [0, 0.05) is 19.2 Å². The van der Waals surface area contributed by atoms with Crippen LogP contribution in [-0.2, 0) is 16.1 Å². The Balaban J connectivity index is 1.67. The number of aromatic nitrogens is 1. The van der Waals surface area contributed by atoms with Gasteiger partial charge in [-0.1, -0.05) is 30.6 Å². The van der Waals surface area contributed by atoms with Gasteiger partial charge in [0.05, 0.1) is 36.2 Å². The molecule has 1 amide bonds. The predicted molar refractivity (Wildman–Crippen MR) is 134 cm³/mol. The van der Waals surface area contributed by atoms with Gasteiger partial charge in [-0.25, -0.2) is 4.79 Å². The van der Waals surface area contributed by atoms with Crippen molar-refractivity contribution in [3.63, 3.8) is 0 Å². The fourth-order valence-electron chi connectivity index (χ4n) is 5.31. The SMILES string of the molecule is COc1ccc(-c2c(C3CCCCC3)c3sc(OC(=O)O)cc3n2CC(=O)N2CCOCC2)cc1. The van der Waals surface area contributed by atoms with Crippen molar-refractivity contribution in [2.24, 2.45) is 0 Å². The van der Waals surface area contributed by atoms with Gasteiger partial charge in [-0.15, -0.1) is 0 Å². The molecule has 0 unspecified atom stereocenters. The molecule has 5 rings (SSSR count). The number of carboxylic acid groups (broad SMARTS) is 1. The molecular weight excluding hydrogens is 468 g/mol. The summed E-state index contributed by atoms with van der Waals surface area (Å²) < 4.78 is 18.9. The molecule has 2 fully saturated rings. The number of hydrogen-bond acceptors (Lipinski definition) is 6. The summed E-state index contributed by atoms with van der Waals surface area (Å²) in [5.74, 6) is 1.15. The van der Waals surface area contributed by atoms with Crippen molar-refractivity contribution in [3.8, 4) is 22.1 Å². The highest BCUT2D eigenvalue weighted by Crippen LogP contribution is 2.48. The van der Waals surface area contributed by atoms with Crippen molar-refractivity contribution in [2.75, 3.05) is 33.4 Å². The van der Waals surface area contributed by atoms with Gasteiger partial charge in [-0.3, -0.25) is 4.79 Å². The fraction of sp³-hybridized carbons (Fsp3) is 0.462. The first-order chi connectivity index (χ1) is 17.0. The van der Waals surface area contributed by atoms with Gasteiger partial charge in [0.1, 0.15) is 12.3 Å². The number of carbonyl (C=O) groups is 2. The summed E-state index contributed by atoms with van der Waals surface area (Å²) in [6.45, 7) is 2.41. The van der Waals surface area contributed by atoms with Crippen LogP contribution in [0.1, 0.15) is 43.6 Å². The predicted octanol–water partition coefficient (Wildman–Crippen LogP) is 5.34. The van der Waals surface area contributed by atoms with Gasteiger partial charge in [0.25, 0.3) is 0 Å². The van der Waals surface area contributed by atoms with Crippen molar-refractivity contribution in [1.29, 1.82) is 0 Å². The van der Waals surface area contributed by atoms with Gasteiger partial charge in [0.15, 0.2) is 5.06 Å². The quantitative estimate of drug-likeness (QED) is 0.461. The van der Waals surface area contributed by atoms with E-state index >= 15 is 0 Å². The van der Waals surface area contributed by atoms with Gasteiger partial charge in [-0.2, -0.15) is 0 Å². The van der Waals surface area contributed by atoms with Crippen molar-refractivity contribution in [3.05, 3.63) is 35.9 Å². The van der Waals surface area contributed by atoms with Crippen LogP contribution >= 0.6 is 11.3 Å². The molecule has 1 aliphatic carbocycles. The Labute approximate surface area is 208 Å². The van der Waals surface area contributed by atoms with Gasteiger partial charge < -0.3 is 28.8 Å². The number of carbonyl (C=O) groups excluding carboxylic acids is 1. The van der Waals surface area contributed by atoms with Crippen LogP contribution in [-0.4, -0.2) is 60.0 Å². The number of morpholine rings is 1. The lowest BCUT2D eigenvalue weighted by Gasteiger charge is -2.28. The molecule has 1 saturated heterocycles. The van der Waals surface area contributed by atoms with Crippen molar-refractivity contribution in [1.82, 2.24) is 9.47 Å². The van der Waals surface area contributed by atoms with Crippen molar-refractivity contribution in [2.45, 2.75) is 44.6 Å². The Bertz CT molecular complexity index is 1200. The van der Waals surface area contributed by atoms with Crippen LogP contribution in [0.3, 0.4) is 0 Å². The first-order valence-electron chi connectivity index (χ1n) is 12.1. The normalized spacial score (nSPS) is 17.0. The molecule has 0 bridgehead atoms. The van der Waals surface area contributed by atoms with E-state index in [1.807, 2.05) is 29.2 Å².